The van der Waals surface area contributed by atoms with Crippen molar-refractivity contribution in [2.24, 2.45) is 0 Å². The first kappa shape index (κ1) is 10.5. The number of carbonyl (C=O) groups is 1. The second-order valence-corrected chi connectivity index (χ2v) is 4.17. The van der Waals surface area contributed by atoms with Crippen LogP contribution in [0.2, 0.25) is 0 Å². The maximum Gasteiger partial charge on any atom is 0.196 e. The molecule has 0 radical (unpaired) electrons. The zero-order valence-corrected chi connectivity index (χ0v) is 9.40. The first-order chi connectivity index (χ1) is 8.61. The number of nitrogen functional groups attached to an aromatic ring is 1. The Morgan fingerprint density at radius 3 is 2.44 bits per heavy atom. The number of fused-ring (bicyclic) bond motifs is 2. The maximum atomic E-state index is 12.3. The van der Waals surface area contributed by atoms with Gasteiger partial charge in [0.1, 0.15) is 5.75 Å². The standard InChI is InChI=1S/C14H10N2O2/c15-9-5-1-3-7-11(9)14(18)8-4-2-6-10(17)12(8)13(7)16/h1-6,16-17H,15H2. The Bertz CT molecular complexity index is 643. The number of aromatic hydroxyl groups is 1. The van der Waals surface area contributed by atoms with Crippen LogP contribution in [0.4, 0.5) is 5.69 Å². The lowest BCUT2D eigenvalue weighted by atomic mass is 9.82. The van der Waals surface area contributed by atoms with Crippen molar-refractivity contribution in [3.05, 3.63) is 58.7 Å². The molecule has 0 amide bonds. The molecule has 2 aromatic carbocycles. The minimum atomic E-state index is -0.245. The fourth-order valence-electron chi connectivity index (χ4n) is 2.29. The summed E-state index contributed by atoms with van der Waals surface area (Å²) in [5.74, 6) is -0.302. The van der Waals surface area contributed by atoms with Gasteiger partial charge in [-0.25, -0.2) is 0 Å². The van der Waals surface area contributed by atoms with E-state index < -0.39 is 0 Å². The fraction of sp³-hybridized carbons (Fsp3) is 0. The van der Waals surface area contributed by atoms with Gasteiger partial charge in [0.2, 0.25) is 0 Å². The SMILES string of the molecule is N=C1c2cccc(N)c2C(=O)c2cccc(O)c21. The molecule has 4 nitrogen and oxygen atoms in total. The van der Waals surface area contributed by atoms with E-state index >= 15 is 0 Å². The number of ketones is 1. The molecular weight excluding hydrogens is 228 g/mol. The average molecular weight is 238 g/mol. The van der Waals surface area contributed by atoms with Crippen LogP contribution in [0.3, 0.4) is 0 Å². The summed E-state index contributed by atoms with van der Waals surface area (Å²) in [4.78, 5) is 12.3. The van der Waals surface area contributed by atoms with E-state index in [1.807, 2.05) is 0 Å². The van der Waals surface area contributed by atoms with E-state index in [1.54, 1.807) is 30.3 Å². The van der Waals surface area contributed by atoms with Crippen LogP contribution in [0, 0.1) is 5.41 Å². The highest BCUT2D eigenvalue weighted by Gasteiger charge is 2.30. The molecule has 1 aliphatic rings. The summed E-state index contributed by atoms with van der Waals surface area (Å²) >= 11 is 0. The molecule has 0 heterocycles. The van der Waals surface area contributed by atoms with Crippen molar-refractivity contribution < 1.29 is 9.90 Å². The molecule has 4 N–H and O–H groups in total. The third-order valence-corrected chi connectivity index (χ3v) is 3.13. The summed E-state index contributed by atoms with van der Waals surface area (Å²) in [6.45, 7) is 0. The van der Waals surface area contributed by atoms with Crippen LogP contribution in [0.5, 0.6) is 5.75 Å². The Balaban J connectivity index is 2.40. The average Bonchev–Trinajstić information content (AvgIpc) is 2.35. The van der Waals surface area contributed by atoms with Gasteiger partial charge in [-0.2, -0.15) is 0 Å². The van der Waals surface area contributed by atoms with Crippen LogP contribution in [0.15, 0.2) is 36.4 Å². The van der Waals surface area contributed by atoms with Crippen molar-refractivity contribution >= 4 is 17.2 Å². The minimum Gasteiger partial charge on any atom is -0.507 e. The predicted octanol–water partition coefficient (Wildman–Crippen LogP) is 1.93. The molecule has 2 aromatic rings. The minimum absolute atomic E-state index is 0.0566. The van der Waals surface area contributed by atoms with Crippen LogP contribution < -0.4 is 5.73 Å². The lowest BCUT2D eigenvalue weighted by Crippen LogP contribution is -2.22. The number of phenolic OH excluding ortho intramolecular Hbond substituents is 1. The summed E-state index contributed by atoms with van der Waals surface area (Å²) in [6, 6.07) is 9.66. The number of rotatable bonds is 0. The summed E-state index contributed by atoms with van der Waals surface area (Å²) in [7, 11) is 0. The first-order valence-electron chi connectivity index (χ1n) is 5.45. The third-order valence-electron chi connectivity index (χ3n) is 3.13. The lowest BCUT2D eigenvalue weighted by Gasteiger charge is -2.21. The topological polar surface area (TPSA) is 87.2 Å². The summed E-state index contributed by atoms with van der Waals surface area (Å²) < 4.78 is 0. The maximum absolute atomic E-state index is 12.3. The molecule has 0 saturated heterocycles. The number of nitrogens with one attached hydrogen (secondary N) is 1. The summed E-state index contributed by atoms with van der Waals surface area (Å²) in [6.07, 6.45) is 0. The Hall–Kier alpha value is -2.62. The Kier molecular flexibility index (Phi) is 2.01. The highest BCUT2D eigenvalue weighted by Crippen LogP contribution is 2.34. The second-order valence-electron chi connectivity index (χ2n) is 4.17. The monoisotopic (exact) mass is 238 g/mol. The number of benzene rings is 2. The summed E-state index contributed by atoms with van der Waals surface area (Å²) in [5.41, 5.74) is 7.71. The van der Waals surface area contributed by atoms with E-state index in [1.165, 1.54) is 6.07 Å². The molecule has 0 aromatic heterocycles. The van der Waals surface area contributed by atoms with Gasteiger partial charge < -0.3 is 10.8 Å². The second kappa shape index (κ2) is 3.43. The van der Waals surface area contributed by atoms with Gasteiger partial charge in [0.15, 0.2) is 5.78 Å². The van der Waals surface area contributed by atoms with Crippen LogP contribution in [0.25, 0.3) is 0 Å². The quantitative estimate of drug-likeness (QED) is 0.523. The zero-order valence-electron chi connectivity index (χ0n) is 9.40. The Morgan fingerprint density at radius 1 is 1.00 bits per heavy atom. The normalized spacial score (nSPS) is 13.1. The molecule has 0 bridgehead atoms. The fourth-order valence-corrected chi connectivity index (χ4v) is 2.29. The van der Waals surface area contributed by atoms with Gasteiger partial charge in [-0.05, 0) is 12.1 Å². The van der Waals surface area contributed by atoms with Crippen LogP contribution in [-0.2, 0) is 0 Å². The van der Waals surface area contributed by atoms with Gasteiger partial charge in [-0.3, -0.25) is 10.2 Å². The van der Waals surface area contributed by atoms with Crippen LogP contribution >= 0.6 is 0 Å². The van der Waals surface area contributed by atoms with Gasteiger partial charge in [-0.15, -0.1) is 0 Å². The van der Waals surface area contributed by atoms with Crippen LogP contribution in [-0.4, -0.2) is 16.6 Å². The Labute approximate surface area is 103 Å². The molecular formula is C14H10N2O2. The van der Waals surface area contributed by atoms with Crippen molar-refractivity contribution in [3.8, 4) is 5.75 Å². The molecule has 4 heteroatoms. The molecule has 0 saturated carbocycles. The number of carbonyl (C=O) groups excluding carboxylic acids is 1. The first-order valence-corrected chi connectivity index (χ1v) is 5.45. The number of nitrogens with two attached hydrogens (primary N) is 1. The summed E-state index contributed by atoms with van der Waals surface area (Å²) in [5, 5.41) is 17.9. The van der Waals surface area contributed by atoms with Crippen LogP contribution in [0.1, 0.15) is 27.0 Å². The van der Waals surface area contributed by atoms with Crippen molar-refractivity contribution in [3.63, 3.8) is 0 Å². The van der Waals surface area contributed by atoms with E-state index in [4.69, 9.17) is 11.1 Å². The zero-order chi connectivity index (χ0) is 12.9. The Morgan fingerprint density at radius 2 is 1.67 bits per heavy atom. The van der Waals surface area contributed by atoms with Crippen molar-refractivity contribution in [2.75, 3.05) is 5.73 Å². The number of anilines is 1. The third kappa shape index (κ3) is 1.20. The highest BCUT2D eigenvalue weighted by atomic mass is 16.3. The smallest absolute Gasteiger partial charge is 0.196 e. The molecule has 0 atom stereocenters. The molecule has 0 aliphatic heterocycles. The largest absolute Gasteiger partial charge is 0.507 e. The van der Waals surface area contributed by atoms with E-state index in [0.29, 0.717) is 22.4 Å². The molecule has 88 valence electrons. The molecule has 18 heavy (non-hydrogen) atoms. The highest BCUT2D eigenvalue weighted by molar-refractivity contribution is 6.31. The number of hydrogen-bond donors (Lipinski definition) is 3. The molecule has 0 unspecified atom stereocenters. The van der Waals surface area contributed by atoms with E-state index in [2.05, 4.69) is 0 Å². The number of phenols is 1. The van der Waals surface area contributed by atoms with Gasteiger partial charge in [0.05, 0.1) is 16.8 Å². The van der Waals surface area contributed by atoms with Gasteiger partial charge in [-0.1, -0.05) is 24.3 Å². The molecule has 3 rings (SSSR count). The van der Waals surface area contributed by atoms with E-state index in [0.717, 1.165) is 0 Å². The molecule has 0 spiro atoms. The van der Waals surface area contributed by atoms with Crippen molar-refractivity contribution in [1.29, 1.82) is 5.41 Å². The van der Waals surface area contributed by atoms with Gasteiger partial charge >= 0.3 is 0 Å². The van der Waals surface area contributed by atoms with Gasteiger partial charge in [0, 0.05) is 16.8 Å². The van der Waals surface area contributed by atoms with Crippen molar-refractivity contribution in [2.45, 2.75) is 0 Å². The lowest BCUT2D eigenvalue weighted by molar-refractivity contribution is 0.103. The van der Waals surface area contributed by atoms with E-state index in [-0.39, 0.29) is 22.8 Å². The number of hydrogen-bond acceptors (Lipinski definition) is 4. The van der Waals surface area contributed by atoms with Crippen molar-refractivity contribution in [1.82, 2.24) is 0 Å². The van der Waals surface area contributed by atoms with E-state index in [9.17, 15) is 9.90 Å². The predicted molar refractivity (Wildman–Crippen MR) is 68.3 cm³/mol. The molecule has 0 fully saturated rings. The van der Waals surface area contributed by atoms with Gasteiger partial charge in [0.25, 0.3) is 0 Å². The molecule has 1 aliphatic carbocycles.